The minimum atomic E-state index is -0.453. The number of rotatable bonds is 3. The Hall–Kier alpha value is -3.37. The van der Waals surface area contributed by atoms with Gasteiger partial charge in [-0.15, -0.1) is 5.10 Å². The fourth-order valence-electron chi connectivity index (χ4n) is 4.67. The van der Waals surface area contributed by atoms with Crippen LogP contribution in [0.25, 0.3) is 21.8 Å². The van der Waals surface area contributed by atoms with Gasteiger partial charge in [0.05, 0.1) is 15.9 Å². The summed E-state index contributed by atoms with van der Waals surface area (Å²) in [6, 6.07) is 7.17. The molecule has 0 radical (unpaired) electrons. The molecule has 1 aliphatic rings. The number of carbonyl (C=O) groups is 1. The molecule has 2 aromatic heterocycles. The van der Waals surface area contributed by atoms with E-state index in [1.165, 1.54) is 10.7 Å². The van der Waals surface area contributed by atoms with Gasteiger partial charge in [0.2, 0.25) is 0 Å². The largest absolute Gasteiger partial charge is 0.368 e. The topological polar surface area (TPSA) is 92.0 Å². The number of anilines is 3. The van der Waals surface area contributed by atoms with Crippen LogP contribution in [-0.4, -0.2) is 57.8 Å². The summed E-state index contributed by atoms with van der Waals surface area (Å²) in [5.41, 5.74) is 2.24. The summed E-state index contributed by atoms with van der Waals surface area (Å²) in [6.07, 6.45) is 1.74. The van der Waals surface area contributed by atoms with Crippen LogP contribution < -0.4 is 20.9 Å². The number of benzene rings is 2. The van der Waals surface area contributed by atoms with Crippen molar-refractivity contribution in [1.29, 1.82) is 0 Å². The van der Waals surface area contributed by atoms with Crippen LogP contribution in [0.15, 0.2) is 30.5 Å². The molecule has 1 aliphatic heterocycles. The van der Waals surface area contributed by atoms with Crippen LogP contribution in [0.5, 0.6) is 0 Å². The third kappa shape index (κ3) is 3.92. The molecule has 3 heterocycles. The molecule has 0 unspecified atom stereocenters. The van der Waals surface area contributed by atoms with Gasteiger partial charge in [0.1, 0.15) is 5.52 Å². The number of nitrogens with one attached hydrogen (secondary N) is 3. The minimum Gasteiger partial charge on any atom is -0.368 e. The summed E-state index contributed by atoms with van der Waals surface area (Å²) in [5.74, 6) is -0.0918. The minimum absolute atomic E-state index is 0.288. The van der Waals surface area contributed by atoms with Gasteiger partial charge in [0.25, 0.3) is 0 Å². The number of piperazine rings is 1. The highest BCUT2D eigenvalue weighted by molar-refractivity contribution is 6.37. The summed E-state index contributed by atoms with van der Waals surface area (Å²) in [5, 5.41) is 19.6. The highest BCUT2D eigenvalue weighted by Gasteiger charge is 2.25. The second-order valence-corrected chi connectivity index (χ2v) is 9.24. The zero-order valence-corrected chi connectivity index (χ0v) is 20.1. The molecule has 3 N–H and O–H groups in total. The van der Waals surface area contributed by atoms with E-state index in [0.29, 0.717) is 44.9 Å². The molecule has 1 amide bonds. The second-order valence-electron chi connectivity index (χ2n) is 8.83. The monoisotopic (exact) mass is 484 g/mol. The predicted octanol–water partition coefficient (Wildman–Crippen LogP) is 3.83. The molecule has 0 spiro atoms. The molecule has 5 rings (SSSR count). The Labute approximate surface area is 200 Å². The van der Waals surface area contributed by atoms with Gasteiger partial charge in [0, 0.05) is 62.2 Å². The number of hydrogen-bond acceptors (Lipinski definition) is 6. The van der Waals surface area contributed by atoms with Crippen molar-refractivity contribution in [2.75, 3.05) is 30.4 Å². The zero-order valence-electron chi connectivity index (χ0n) is 19.4. The summed E-state index contributed by atoms with van der Waals surface area (Å²) in [6.45, 7) is 5.90. The van der Waals surface area contributed by atoms with E-state index in [9.17, 15) is 9.18 Å². The number of fused-ring (bicyclic) bond motifs is 2. The summed E-state index contributed by atoms with van der Waals surface area (Å²) in [7, 11) is 3.28. The second kappa shape index (κ2) is 8.44. The Morgan fingerprint density at radius 1 is 1.18 bits per heavy atom. The highest BCUT2D eigenvalue weighted by atomic mass is 35.5. The Morgan fingerprint density at radius 3 is 2.62 bits per heavy atom. The van der Waals surface area contributed by atoms with Crippen molar-refractivity contribution in [3.63, 3.8) is 0 Å². The molecule has 4 aromatic rings. The molecular weight excluding hydrogens is 459 g/mol. The summed E-state index contributed by atoms with van der Waals surface area (Å²) >= 11 is 6.76. The van der Waals surface area contributed by atoms with Crippen LogP contribution in [0.1, 0.15) is 13.8 Å². The van der Waals surface area contributed by atoms with Crippen LogP contribution in [0, 0.1) is 5.82 Å². The molecule has 0 bridgehead atoms. The lowest BCUT2D eigenvalue weighted by Crippen LogP contribution is -2.54. The predicted molar refractivity (Wildman–Crippen MR) is 133 cm³/mol. The van der Waals surface area contributed by atoms with E-state index in [-0.39, 0.29) is 5.52 Å². The third-order valence-electron chi connectivity index (χ3n) is 5.99. The average Bonchev–Trinajstić information content (AvgIpc) is 3.33. The molecule has 1 saturated heterocycles. The third-order valence-corrected chi connectivity index (χ3v) is 6.29. The van der Waals surface area contributed by atoms with Crippen molar-refractivity contribution in [3.8, 4) is 0 Å². The fraction of sp³-hybridized carbons (Fsp3) is 0.348. The molecule has 1 fully saturated rings. The molecule has 0 aliphatic carbocycles. The van der Waals surface area contributed by atoms with E-state index >= 15 is 0 Å². The molecule has 178 valence electrons. The maximum absolute atomic E-state index is 14.6. The first-order valence-electron chi connectivity index (χ1n) is 11.1. The van der Waals surface area contributed by atoms with Crippen LogP contribution >= 0.6 is 11.6 Å². The molecule has 34 heavy (non-hydrogen) atoms. The van der Waals surface area contributed by atoms with Crippen molar-refractivity contribution in [3.05, 3.63) is 41.3 Å². The van der Waals surface area contributed by atoms with Crippen LogP contribution in [0.2, 0.25) is 5.02 Å². The maximum atomic E-state index is 14.6. The summed E-state index contributed by atoms with van der Waals surface area (Å²) in [4.78, 5) is 14.9. The first kappa shape index (κ1) is 22.4. The number of carbonyl (C=O) groups excluding carboxylic acids is 1. The van der Waals surface area contributed by atoms with Crippen LogP contribution in [-0.2, 0) is 7.05 Å². The highest BCUT2D eigenvalue weighted by Crippen LogP contribution is 2.37. The van der Waals surface area contributed by atoms with Gasteiger partial charge in [-0.2, -0.15) is 9.78 Å². The Morgan fingerprint density at radius 2 is 1.91 bits per heavy atom. The number of amides is 1. The molecule has 2 aromatic carbocycles. The van der Waals surface area contributed by atoms with Gasteiger partial charge in [-0.3, -0.25) is 4.68 Å². The first-order chi connectivity index (χ1) is 16.2. The lowest BCUT2D eigenvalue weighted by molar-refractivity contribution is 0.242. The van der Waals surface area contributed by atoms with Crippen molar-refractivity contribution < 1.29 is 9.18 Å². The molecule has 0 saturated carbocycles. The van der Waals surface area contributed by atoms with Crippen molar-refractivity contribution in [1.82, 2.24) is 30.2 Å². The quantitative estimate of drug-likeness (QED) is 0.409. The van der Waals surface area contributed by atoms with Gasteiger partial charge in [0.15, 0.2) is 11.6 Å². The van der Waals surface area contributed by atoms with Crippen molar-refractivity contribution >= 4 is 56.6 Å². The van der Waals surface area contributed by atoms with E-state index in [2.05, 4.69) is 44.9 Å². The number of hydrogen-bond donors (Lipinski definition) is 3. The Balaban J connectivity index is 1.61. The van der Waals surface area contributed by atoms with Crippen LogP contribution in [0.4, 0.5) is 26.4 Å². The van der Waals surface area contributed by atoms with E-state index in [1.54, 1.807) is 31.0 Å². The van der Waals surface area contributed by atoms with Gasteiger partial charge < -0.3 is 20.9 Å². The van der Waals surface area contributed by atoms with E-state index in [0.717, 1.165) is 18.8 Å². The molecule has 11 heteroatoms. The van der Waals surface area contributed by atoms with Crippen LogP contribution in [0.3, 0.4) is 0 Å². The molecule has 9 nitrogen and oxygen atoms in total. The van der Waals surface area contributed by atoms with Gasteiger partial charge in [-0.1, -0.05) is 11.6 Å². The standard InChI is InChI=1S/C23H26ClFN8O/c1-12-9-32(10-13(2)27-12)16-7-17(24)20-19(8-16)33(23(34)26-3)30-22(20)28-15-5-14-11-31(4)29-21(14)18(25)6-15/h5-8,11-13,27H,9-10H2,1-4H3,(H,26,34)(H,28,30)/t12-,13-/m0/s1. The van der Waals surface area contributed by atoms with E-state index in [1.807, 2.05) is 12.1 Å². The SMILES string of the molecule is CNC(=O)n1nc(Nc2cc(F)c3nn(C)cc3c2)c2c(Cl)cc(N3C[C@H](C)N[C@@H](C)C3)cc21. The normalized spacial score (nSPS) is 18.6. The lowest BCUT2D eigenvalue weighted by Gasteiger charge is -2.37. The Bertz CT molecular complexity index is 1400. The van der Waals surface area contributed by atoms with Crippen molar-refractivity contribution in [2.24, 2.45) is 7.05 Å². The van der Waals surface area contributed by atoms with E-state index in [4.69, 9.17) is 11.6 Å². The van der Waals surface area contributed by atoms with Gasteiger partial charge >= 0.3 is 6.03 Å². The Kier molecular flexibility index (Phi) is 5.57. The first-order valence-corrected chi connectivity index (χ1v) is 11.5. The number of aromatic nitrogens is 4. The fourth-order valence-corrected chi connectivity index (χ4v) is 4.97. The van der Waals surface area contributed by atoms with E-state index < -0.39 is 11.8 Å². The number of nitrogens with zero attached hydrogens (tertiary/aromatic N) is 5. The molecule has 2 atom stereocenters. The maximum Gasteiger partial charge on any atom is 0.342 e. The number of aryl methyl sites for hydroxylation is 1. The van der Waals surface area contributed by atoms with Gasteiger partial charge in [-0.25, -0.2) is 9.18 Å². The summed E-state index contributed by atoms with van der Waals surface area (Å²) < 4.78 is 17.5. The van der Waals surface area contributed by atoms with Gasteiger partial charge in [-0.05, 0) is 38.1 Å². The smallest absolute Gasteiger partial charge is 0.342 e. The average molecular weight is 485 g/mol. The zero-order chi connectivity index (χ0) is 24.1. The molecular formula is C23H26ClFN8O. The van der Waals surface area contributed by atoms with Crippen molar-refractivity contribution in [2.45, 2.75) is 25.9 Å². The lowest BCUT2D eigenvalue weighted by atomic mass is 10.1. The number of halogens is 2.